The van der Waals surface area contributed by atoms with E-state index in [1.54, 1.807) is 6.20 Å². The molecule has 0 saturated carbocycles. The molecule has 4 rings (SSSR count). The van der Waals surface area contributed by atoms with Crippen LogP contribution in [0.25, 0.3) is 10.9 Å². The van der Waals surface area contributed by atoms with Crippen molar-refractivity contribution >= 4 is 28.4 Å². The Bertz CT molecular complexity index is 1090. The summed E-state index contributed by atoms with van der Waals surface area (Å²) in [4.78, 5) is 13.6. The maximum absolute atomic E-state index is 4.61. The average molecular weight is 355 g/mol. The summed E-state index contributed by atoms with van der Waals surface area (Å²) >= 11 is 0. The van der Waals surface area contributed by atoms with Crippen molar-refractivity contribution in [2.45, 2.75) is 20.4 Å². The van der Waals surface area contributed by atoms with E-state index in [9.17, 15) is 0 Å². The van der Waals surface area contributed by atoms with Gasteiger partial charge in [0.15, 0.2) is 0 Å². The van der Waals surface area contributed by atoms with Crippen molar-refractivity contribution in [3.63, 3.8) is 0 Å². The molecular weight excluding hydrogens is 334 g/mol. The van der Waals surface area contributed by atoms with Crippen LogP contribution in [-0.4, -0.2) is 15.0 Å². The lowest BCUT2D eigenvalue weighted by Crippen LogP contribution is -2.06. The van der Waals surface area contributed by atoms with Crippen LogP contribution in [-0.2, 0) is 6.54 Å². The van der Waals surface area contributed by atoms with Crippen molar-refractivity contribution in [3.05, 3.63) is 83.7 Å². The van der Waals surface area contributed by atoms with Crippen molar-refractivity contribution in [2.24, 2.45) is 0 Å². The van der Waals surface area contributed by atoms with Crippen LogP contribution in [0.1, 0.15) is 16.8 Å². The van der Waals surface area contributed by atoms with Gasteiger partial charge in [-0.1, -0.05) is 48.0 Å². The Labute approximate surface area is 158 Å². The van der Waals surface area contributed by atoms with Crippen LogP contribution < -0.4 is 10.6 Å². The van der Waals surface area contributed by atoms with Gasteiger partial charge in [0.2, 0.25) is 5.95 Å². The lowest BCUT2D eigenvalue weighted by molar-refractivity contribution is 1.06. The lowest BCUT2D eigenvalue weighted by Gasteiger charge is -2.11. The van der Waals surface area contributed by atoms with Crippen LogP contribution in [0.2, 0.25) is 0 Å². The highest BCUT2D eigenvalue weighted by Crippen LogP contribution is 2.24. The molecule has 0 radical (unpaired) electrons. The summed E-state index contributed by atoms with van der Waals surface area (Å²) in [6.07, 6.45) is 1.79. The highest BCUT2D eigenvalue weighted by atomic mass is 15.1. The number of pyridine rings is 1. The number of hydrogen-bond acceptors (Lipinski definition) is 5. The topological polar surface area (TPSA) is 62.7 Å². The summed E-state index contributed by atoms with van der Waals surface area (Å²) in [7, 11) is 0. The second-order valence-corrected chi connectivity index (χ2v) is 6.57. The van der Waals surface area contributed by atoms with Crippen LogP contribution in [0.3, 0.4) is 0 Å². The predicted octanol–water partition coefficient (Wildman–Crippen LogP) is 5.00. The van der Waals surface area contributed by atoms with Gasteiger partial charge in [-0.3, -0.25) is 4.98 Å². The van der Waals surface area contributed by atoms with Gasteiger partial charge >= 0.3 is 0 Å². The smallest absolute Gasteiger partial charge is 0.229 e. The SMILES string of the molecule is Cc1cccc(CNc2cc(C)nc(Nc3cccc4cccnc34)n2)c1. The molecule has 0 saturated heterocycles. The maximum Gasteiger partial charge on any atom is 0.229 e. The van der Waals surface area contributed by atoms with E-state index in [-0.39, 0.29) is 0 Å². The van der Waals surface area contributed by atoms with Gasteiger partial charge in [0, 0.05) is 29.9 Å². The molecule has 0 unspecified atom stereocenters. The third-order valence-electron chi connectivity index (χ3n) is 4.29. The van der Waals surface area contributed by atoms with E-state index in [1.165, 1.54) is 11.1 Å². The monoisotopic (exact) mass is 355 g/mol. The molecule has 0 atom stereocenters. The molecule has 0 aliphatic rings. The molecule has 2 heterocycles. The summed E-state index contributed by atoms with van der Waals surface area (Å²) in [6, 6.07) is 20.4. The Hall–Kier alpha value is -3.47. The summed E-state index contributed by atoms with van der Waals surface area (Å²) < 4.78 is 0. The van der Waals surface area contributed by atoms with E-state index in [2.05, 4.69) is 56.8 Å². The predicted molar refractivity (Wildman–Crippen MR) is 110 cm³/mol. The standard InChI is InChI=1S/C22H21N5/c1-15-6-3-7-17(12-15)14-24-20-13-16(2)25-22(27-20)26-19-10-4-8-18-9-5-11-23-21(18)19/h3-13H,14H2,1-2H3,(H2,24,25,26,27). The summed E-state index contributed by atoms with van der Waals surface area (Å²) in [5.74, 6) is 1.35. The first-order chi connectivity index (χ1) is 13.2. The van der Waals surface area contributed by atoms with E-state index < -0.39 is 0 Å². The van der Waals surface area contributed by atoms with Gasteiger partial charge in [-0.15, -0.1) is 0 Å². The van der Waals surface area contributed by atoms with E-state index in [0.717, 1.165) is 28.1 Å². The zero-order valence-corrected chi connectivity index (χ0v) is 15.4. The van der Waals surface area contributed by atoms with Gasteiger partial charge in [-0.05, 0) is 31.5 Å². The van der Waals surface area contributed by atoms with Crippen molar-refractivity contribution in [1.29, 1.82) is 0 Å². The van der Waals surface area contributed by atoms with Crippen molar-refractivity contribution in [2.75, 3.05) is 10.6 Å². The normalized spacial score (nSPS) is 10.7. The van der Waals surface area contributed by atoms with Crippen molar-refractivity contribution in [3.8, 4) is 0 Å². The number of hydrogen-bond donors (Lipinski definition) is 2. The lowest BCUT2D eigenvalue weighted by atomic mass is 10.1. The molecule has 2 N–H and O–H groups in total. The number of aromatic nitrogens is 3. The molecule has 0 amide bonds. The number of fused-ring (bicyclic) bond motifs is 1. The third kappa shape index (κ3) is 4.03. The molecule has 0 bridgehead atoms. The van der Waals surface area contributed by atoms with Crippen molar-refractivity contribution < 1.29 is 0 Å². The molecular formula is C22H21N5. The number of nitrogens with one attached hydrogen (secondary N) is 2. The van der Waals surface area contributed by atoms with Crippen LogP contribution in [0.4, 0.5) is 17.5 Å². The molecule has 2 aromatic carbocycles. The summed E-state index contributed by atoms with van der Waals surface area (Å²) in [6.45, 7) is 4.78. The quantitative estimate of drug-likeness (QED) is 0.528. The molecule has 5 nitrogen and oxygen atoms in total. The number of anilines is 3. The van der Waals surface area contributed by atoms with Crippen LogP contribution >= 0.6 is 0 Å². The molecule has 27 heavy (non-hydrogen) atoms. The maximum atomic E-state index is 4.61. The average Bonchev–Trinajstić information content (AvgIpc) is 2.66. The molecule has 5 heteroatoms. The molecule has 134 valence electrons. The van der Waals surface area contributed by atoms with Crippen LogP contribution in [0.5, 0.6) is 0 Å². The molecule has 0 spiro atoms. The minimum absolute atomic E-state index is 0.555. The van der Waals surface area contributed by atoms with Crippen LogP contribution in [0, 0.1) is 13.8 Å². The molecule has 4 aromatic rings. The highest BCUT2D eigenvalue weighted by Gasteiger charge is 2.06. The first-order valence-corrected chi connectivity index (χ1v) is 8.93. The third-order valence-corrected chi connectivity index (χ3v) is 4.29. The van der Waals surface area contributed by atoms with E-state index in [0.29, 0.717) is 12.5 Å². The van der Waals surface area contributed by atoms with Gasteiger partial charge in [0.25, 0.3) is 0 Å². The fourth-order valence-electron chi connectivity index (χ4n) is 3.06. The van der Waals surface area contributed by atoms with E-state index >= 15 is 0 Å². The second-order valence-electron chi connectivity index (χ2n) is 6.57. The zero-order chi connectivity index (χ0) is 18.6. The first kappa shape index (κ1) is 17.0. The number of nitrogens with zero attached hydrogens (tertiary/aromatic N) is 3. The minimum Gasteiger partial charge on any atom is -0.366 e. The second kappa shape index (κ2) is 7.41. The van der Waals surface area contributed by atoms with Gasteiger partial charge in [-0.2, -0.15) is 4.98 Å². The molecule has 0 aliphatic heterocycles. The first-order valence-electron chi connectivity index (χ1n) is 8.93. The Balaban J connectivity index is 1.57. The number of rotatable bonds is 5. The van der Waals surface area contributed by atoms with E-state index in [4.69, 9.17) is 0 Å². The molecule has 2 aromatic heterocycles. The van der Waals surface area contributed by atoms with Gasteiger partial charge < -0.3 is 10.6 Å². The summed E-state index contributed by atoms with van der Waals surface area (Å²) in [5.41, 5.74) is 5.16. The van der Waals surface area contributed by atoms with Crippen molar-refractivity contribution in [1.82, 2.24) is 15.0 Å². The largest absolute Gasteiger partial charge is 0.366 e. The molecule has 0 aliphatic carbocycles. The van der Waals surface area contributed by atoms with Gasteiger partial charge in [0.1, 0.15) is 5.82 Å². The fraction of sp³-hybridized carbons (Fsp3) is 0.136. The van der Waals surface area contributed by atoms with Gasteiger partial charge in [-0.25, -0.2) is 4.98 Å². The van der Waals surface area contributed by atoms with Gasteiger partial charge in [0.05, 0.1) is 11.2 Å². The van der Waals surface area contributed by atoms with Crippen LogP contribution in [0.15, 0.2) is 66.9 Å². The summed E-state index contributed by atoms with van der Waals surface area (Å²) in [5, 5.41) is 7.77. The fourth-order valence-corrected chi connectivity index (χ4v) is 3.06. The van der Waals surface area contributed by atoms with E-state index in [1.807, 2.05) is 43.3 Å². The number of benzene rings is 2. The zero-order valence-electron chi connectivity index (χ0n) is 15.4. The number of para-hydroxylation sites is 1. The Morgan fingerprint density at radius 1 is 0.889 bits per heavy atom. The highest BCUT2D eigenvalue weighted by molar-refractivity contribution is 5.91. The minimum atomic E-state index is 0.555. The molecule has 0 fully saturated rings. The number of aryl methyl sites for hydroxylation is 2. The Morgan fingerprint density at radius 3 is 2.63 bits per heavy atom. The Kier molecular flexibility index (Phi) is 4.66. The Morgan fingerprint density at radius 2 is 1.74 bits per heavy atom.